The van der Waals surface area contributed by atoms with E-state index in [0.29, 0.717) is 37.7 Å². The third-order valence-corrected chi connectivity index (χ3v) is 4.22. The Morgan fingerprint density at radius 3 is 2.12 bits per heavy atom. The summed E-state index contributed by atoms with van der Waals surface area (Å²) in [6, 6.07) is 21.4. The standard InChI is InChI=1S/C20H14Cl2N2OS/c21-14-10-15(22)12-16(11-14)23-20(26)24-18-9-5-4-8-17(18)19(25)13-6-2-1-3-7-13/h1-12H,(H2,23,24,26). The van der Waals surface area contributed by atoms with Crippen LogP contribution in [0.15, 0.2) is 72.8 Å². The van der Waals surface area contributed by atoms with E-state index in [2.05, 4.69) is 10.6 Å². The minimum absolute atomic E-state index is 0.0812. The highest BCUT2D eigenvalue weighted by Gasteiger charge is 2.14. The van der Waals surface area contributed by atoms with Crippen LogP contribution in [0.2, 0.25) is 10.0 Å². The summed E-state index contributed by atoms with van der Waals surface area (Å²) in [6.07, 6.45) is 0. The highest BCUT2D eigenvalue weighted by Crippen LogP contribution is 2.23. The lowest BCUT2D eigenvalue weighted by Gasteiger charge is -2.14. The van der Waals surface area contributed by atoms with Crippen molar-refractivity contribution in [1.82, 2.24) is 0 Å². The topological polar surface area (TPSA) is 41.1 Å². The van der Waals surface area contributed by atoms with Crippen LogP contribution in [-0.4, -0.2) is 10.9 Å². The number of carbonyl (C=O) groups is 1. The summed E-state index contributed by atoms with van der Waals surface area (Å²) in [5, 5.41) is 7.41. The Hall–Kier alpha value is -2.40. The van der Waals surface area contributed by atoms with E-state index in [1.165, 1.54) is 0 Å². The Bertz CT molecular complexity index is 941. The molecule has 0 bridgehead atoms. The quantitative estimate of drug-likeness (QED) is 0.414. The van der Waals surface area contributed by atoms with E-state index in [9.17, 15) is 4.79 Å². The van der Waals surface area contributed by atoms with Crippen molar-refractivity contribution in [3.63, 3.8) is 0 Å². The molecule has 0 aliphatic rings. The molecule has 0 saturated heterocycles. The number of para-hydroxylation sites is 1. The molecule has 0 heterocycles. The molecule has 0 aliphatic carbocycles. The van der Waals surface area contributed by atoms with Crippen molar-refractivity contribution in [2.75, 3.05) is 10.6 Å². The van der Waals surface area contributed by atoms with Gasteiger partial charge in [-0.3, -0.25) is 4.79 Å². The van der Waals surface area contributed by atoms with E-state index >= 15 is 0 Å². The zero-order valence-electron chi connectivity index (χ0n) is 13.5. The summed E-state index contributed by atoms with van der Waals surface area (Å²) in [5.41, 5.74) is 2.42. The first-order valence-corrected chi connectivity index (χ1v) is 8.92. The van der Waals surface area contributed by atoms with E-state index in [1.54, 1.807) is 42.5 Å². The predicted molar refractivity (Wildman–Crippen MR) is 113 cm³/mol. The van der Waals surface area contributed by atoms with Gasteiger partial charge < -0.3 is 10.6 Å². The summed E-state index contributed by atoms with van der Waals surface area (Å²) < 4.78 is 0. The third kappa shape index (κ3) is 4.61. The lowest BCUT2D eigenvalue weighted by molar-refractivity contribution is 0.103. The third-order valence-electron chi connectivity index (χ3n) is 3.58. The van der Waals surface area contributed by atoms with Crippen LogP contribution in [0.4, 0.5) is 11.4 Å². The van der Waals surface area contributed by atoms with Crippen LogP contribution in [0.25, 0.3) is 0 Å². The molecule has 0 aliphatic heterocycles. The normalized spacial score (nSPS) is 10.2. The molecule has 26 heavy (non-hydrogen) atoms. The Morgan fingerprint density at radius 1 is 0.808 bits per heavy atom. The van der Waals surface area contributed by atoms with Crippen LogP contribution in [0, 0.1) is 0 Å². The fourth-order valence-corrected chi connectivity index (χ4v) is 3.20. The second-order valence-corrected chi connectivity index (χ2v) is 6.76. The van der Waals surface area contributed by atoms with Crippen molar-refractivity contribution in [3.05, 3.63) is 94.0 Å². The molecule has 130 valence electrons. The van der Waals surface area contributed by atoms with Crippen molar-refractivity contribution in [1.29, 1.82) is 0 Å². The second-order valence-electron chi connectivity index (χ2n) is 5.48. The smallest absolute Gasteiger partial charge is 0.195 e. The van der Waals surface area contributed by atoms with Crippen LogP contribution in [0.1, 0.15) is 15.9 Å². The summed E-state index contributed by atoms with van der Waals surface area (Å²) in [4.78, 5) is 12.8. The summed E-state index contributed by atoms with van der Waals surface area (Å²) in [5.74, 6) is -0.0812. The van der Waals surface area contributed by atoms with E-state index in [4.69, 9.17) is 35.4 Å². The first kappa shape index (κ1) is 18.4. The van der Waals surface area contributed by atoms with Gasteiger partial charge in [-0.2, -0.15) is 0 Å². The first-order chi connectivity index (χ1) is 12.5. The molecule has 0 amide bonds. The molecule has 0 radical (unpaired) electrons. The van der Waals surface area contributed by atoms with Crippen molar-refractivity contribution in [2.45, 2.75) is 0 Å². The lowest BCUT2D eigenvalue weighted by Crippen LogP contribution is -2.20. The SMILES string of the molecule is O=C(c1ccccc1)c1ccccc1NC(=S)Nc1cc(Cl)cc(Cl)c1. The molecule has 3 aromatic carbocycles. The zero-order valence-corrected chi connectivity index (χ0v) is 15.8. The fourth-order valence-electron chi connectivity index (χ4n) is 2.45. The van der Waals surface area contributed by atoms with Gasteiger partial charge in [0.25, 0.3) is 0 Å². The Balaban J connectivity index is 1.80. The number of ketones is 1. The number of halogens is 2. The Morgan fingerprint density at radius 2 is 1.42 bits per heavy atom. The minimum Gasteiger partial charge on any atom is -0.332 e. The van der Waals surface area contributed by atoms with Crippen LogP contribution in [0.5, 0.6) is 0 Å². The van der Waals surface area contributed by atoms with E-state index in [0.717, 1.165) is 0 Å². The van der Waals surface area contributed by atoms with Gasteiger partial charge in [0.15, 0.2) is 10.9 Å². The Labute approximate surface area is 167 Å². The molecule has 6 heteroatoms. The van der Waals surface area contributed by atoms with Gasteiger partial charge in [-0.25, -0.2) is 0 Å². The van der Waals surface area contributed by atoms with Crippen molar-refractivity contribution in [2.24, 2.45) is 0 Å². The number of benzene rings is 3. The number of hydrogen-bond donors (Lipinski definition) is 2. The van der Waals surface area contributed by atoms with Gasteiger partial charge in [0.2, 0.25) is 0 Å². The lowest BCUT2D eigenvalue weighted by atomic mass is 10.0. The highest BCUT2D eigenvalue weighted by molar-refractivity contribution is 7.80. The van der Waals surface area contributed by atoms with Gasteiger partial charge in [0, 0.05) is 26.9 Å². The average Bonchev–Trinajstić information content (AvgIpc) is 2.61. The van der Waals surface area contributed by atoms with Crippen molar-refractivity contribution < 1.29 is 4.79 Å². The molecule has 3 rings (SSSR count). The number of anilines is 2. The molecular formula is C20H14Cl2N2OS. The maximum absolute atomic E-state index is 12.8. The number of nitrogens with one attached hydrogen (secondary N) is 2. The molecule has 0 fully saturated rings. The number of carbonyl (C=O) groups excluding carboxylic acids is 1. The van der Waals surface area contributed by atoms with E-state index in [1.807, 2.05) is 30.3 Å². The first-order valence-electron chi connectivity index (χ1n) is 7.76. The molecule has 0 atom stereocenters. The average molecular weight is 401 g/mol. The van der Waals surface area contributed by atoms with Crippen LogP contribution in [-0.2, 0) is 0 Å². The van der Waals surface area contributed by atoms with Gasteiger partial charge in [-0.1, -0.05) is 65.7 Å². The van der Waals surface area contributed by atoms with Gasteiger partial charge in [0.1, 0.15) is 0 Å². The monoisotopic (exact) mass is 400 g/mol. The molecule has 0 saturated carbocycles. The zero-order chi connectivity index (χ0) is 18.5. The van der Waals surface area contributed by atoms with E-state index < -0.39 is 0 Å². The largest absolute Gasteiger partial charge is 0.332 e. The second kappa shape index (κ2) is 8.32. The highest BCUT2D eigenvalue weighted by atomic mass is 35.5. The predicted octanol–water partition coefficient (Wildman–Crippen LogP) is 6.03. The fraction of sp³-hybridized carbons (Fsp3) is 0. The molecule has 0 aromatic heterocycles. The van der Waals surface area contributed by atoms with Gasteiger partial charge in [0.05, 0.1) is 5.69 Å². The van der Waals surface area contributed by atoms with Gasteiger partial charge in [-0.15, -0.1) is 0 Å². The van der Waals surface area contributed by atoms with Gasteiger partial charge in [-0.05, 0) is 42.5 Å². The number of rotatable bonds is 4. The Kier molecular flexibility index (Phi) is 5.89. The van der Waals surface area contributed by atoms with Crippen LogP contribution < -0.4 is 10.6 Å². The molecule has 0 spiro atoms. The molecule has 0 unspecified atom stereocenters. The molecule has 3 aromatic rings. The molecule has 3 nitrogen and oxygen atoms in total. The van der Waals surface area contributed by atoms with Crippen molar-refractivity contribution in [3.8, 4) is 0 Å². The summed E-state index contributed by atoms with van der Waals surface area (Å²) >= 11 is 17.3. The van der Waals surface area contributed by atoms with Crippen molar-refractivity contribution >= 4 is 57.7 Å². The minimum atomic E-state index is -0.0812. The van der Waals surface area contributed by atoms with Crippen LogP contribution in [0.3, 0.4) is 0 Å². The van der Waals surface area contributed by atoms with Gasteiger partial charge >= 0.3 is 0 Å². The molecular weight excluding hydrogens is 387 g/mol. The summed E-state index contributed by atoms with van der Waals surface area (Å²) in [6.45, 7) is 0. The maximum Gasteiger partial charge on any atom is 0.195 e. The van der Waals surface area contributed by atoms with E-state index in [-0.39, 0.29) is 5.78 Å². The maximum atomic E-state index is 12.8. The molecule has 2 N–H and O–H groups in total. The summed E-state index contributed by atoms with van der Waals surface area (Å²) in [7, 11) is 0. The number of thiocarbonyl (C=S) groups is 1. The number of hydrogen-bond acceptors (Lipinski definition) is 2. The van der Waals surface area contributed by atoms with Crippen LogP contribution >= 0.6 is 35.4 Å².